The van der Waals surface area contributed by atoms with Crippen molar-refractivity contribution in [2.24, 2.45) is 5.73 Å². The van der Waals surface area contributed by atoms with Crippen molar-refractivity contribution in [3.63, 3.8) is 0 Å². The van der Waals surface area contributed by atoms with Crippen LogP contribution in [-0.4, -0.2) is 17.6 Å². The van der Waals surface area contributed by atoms with Crippen LogP contribution in [0.1, 0.15) is 117 Å². The molecule has 0 aromatic carbocycles. The zero-order chi connectivity index (χ0) is 17.6. The molecule has 3 N–H and O–H groups in total. The van der Waals surface area contributed by atoms with Crippen LogP contribution in [-0.2, 0) is 27.2 Å². The second-order valence-electron chi connectivity index (χ2n) is 6.53. The normalized spacial score (nSPS) is 9.79. The maximum Gasteiger partial charge on any atom is 0.303 e. The number of hydrogen-bond donors (Lipinski definition) is 2. The predicted molar refractivity (Wildman–Crippen MR) is 102 cm³/mol. The van der Waals surface area contributed by atoms with E-state index in [1.807, 2.05) is 6.92 Å². The van der Waals surface area contributed by atoms with Crippen molar-refractivity contribution in [1.29, 1.82) is 0 Å². The number of rotatable bonds is 16. The van der Waals surface area contributed by atoms with Gasteiger partial charge in [-0.25, -0.2) is 0 Å². The number of carboxylic acids is 1. The number of hydrogen-bond acceptors (Lipinski definition) is 2. The Kier molecular flexibility index (Phi) is 33.8. The van der Waals surface area contributed by atoms with E-state index in [2.05, 4.69) is 6.92 Å². The summed E-state index contributed by atoms with van der Waals surface area (Å²) in [6, 6.07) is 0. The van der Waals surface area contributed by atoms with Gasteiger partial charge in [0.25, 0.3) is 0 Å². The van der Waals surface area contributed by atoms with E-state index in [4.69, 9.17) is 10.8 Å². The summed E-state index contributed by atoms with van der Waals surface area (Å²) in [6.45, 7) is 5.00. The average Bonchev–Trinajstić information content (AvgIpc) is 2.52. The van der Waals surface area contributed by atoms with Crippen LogP contribution < -0.4 is 5.73 Å². The number of carbonyl (C=O) groups is 1. The molecule has 24 heavy (non-hydrogen) atoms. The van der Waals surface area contributed by atoms with E-state index >= 15 is 0 Å². The Labute approximate surface area is 167 Å². The average molecular weight is 437 g/mol. The molecule has 0 aromatic heterocycles. The SMILES string of the molecule is CCCC(=O)O.CCCCCCCCCCCCCCCCN.[Ag]. The van der Waals surface area contributed by atoms with Gasteiger partial charge >= 0.3 is 5.97 Å². The monoisotopic (exact) mass is 436 g/mol. The summed E-state index contributed by atoms with van der Waals surface area (Å²) < 4.78 is 0. The summed E-state index contributed by atoms with van der Waals surface area (Å²) in [5.74, 6) is -0.711. The quantitative estimate of drug-likeness (QED) is 0.220. The van der Waals surface area contributed by atoms with Crippen molar-refractivity contribution >= 4 is 5.97 Å². The molecule has 0 fully saturated rings. The van der Waals surface area contributed by atoms with Crippen molar-refractivity contribution in [1.82, 2.24) is 0 Å². The van der Waals surface area contributed by atoms with Crippen LogP contribution >= 0.6 is 0 Å². The van der Waals surface area contributed by atoms with E-state index in [1.54, 1.807) is 0 Å². The number of unbranched alkanes of at least 4 members (excludes halogenated alkanes) is 13. The largest absolute Gasteiger partial charge is 0.481 e. The standard InChI is InChI=1S/C16H35N.C4H8O2.Ag/c1-2-3-4-5-6-7-8-9-10-11-12-13-14-15-16-17;1-2-3-4(5)6;/h2-17H2,1H3;2-3H2,1H3,(H,5,6);. The van der Waals surface area contributed by atoms with E-state index < -0.39 is 5.97 Å². The van der Waals surface area contributed by atoms with Gasteiger partial charge in [0.15, 0.2) is 0 Å². The molecule has 1 radical (unpaired) electrons. The van der Waals surface area contributed by atoms with E-state index in [1.165, 1.54) is 89.9 Å². The predicted octanol–water partition coefficient (Wildman–Crippen LogP) is 6.30. The molecule has 0 saturated heterocycles. The Morgan fingerprint density at radius 1 is 0.667 bits per heavy atom. The number of carboxylic acid groups (broad SMARTS) is 1. The summed E-state index contributed by atoms with van der Waals surface area (Å²) in [7, 11) is 0. The van der Waals surface area contributed by atoms with Gasteiger partial charge in [0.05, 0.1) is 0 Å². The maximum absolute atomic E-state index is 9.60. The van der Waals surface area contributed by atoms with Crippen LogP contribution in [0.2, 0.25) is 0 Å². The van der Waals surface area contributed by atoms with Gasteiger partial charge < -0.3 is 10.8 Å². The van der Waals surface area contributed by atoms with Crippen LogP contribution in [0.25, 0.3) is 0 Å². The first-order valence-corrected chi connectivity index (χ1v) is 10.1. The first-order valence-electron chi connectivity index (χ1n) is 10.1. The summed E-state index contributed by atoms with van der Waals surface area (Å²) >= 11 is 0. The molecule has 0 saturated carbocycles. The van der Waals surface area contributed by atoms with E-state index in [-0.39, 0.29) is 22.4 Å². The zero-order valence-corrected chi connectivity index (χ0v) is 17.7. The first kappa shape index (κ1) is 29.0. The Morgan fingerprint density at radius 2 is 1.00 bits per heavy atom. The van der Waals surface area contributed by atoms with Gasteiger partial charge in [-0.15, -0.1) is 0 Å². The second kappa shape index (κ2) is 28.0. The van der Waals surface area contributed by atoms with E-state index in [9.17, 15) is 4.79 Å². The third-order valence-electron chi connectivity index (χ3n) is 4.02. The third kappa shape index (κ3) is 33.7. The molecule has 0 amide bonds. The van der Waals surface area contributed by atoms with Gasteiger partial charge in [0, 0.05) is 28.8 Å². The molecule has 3 nitrogen and oxygen atoms in total. The zero-order valence-electron chi connectivity index (χ0n) is 16.3. The Hall–Kier alpha value is 0.170. The van der Waals surface area contributed by atoms with Crippen LogP contribution in [0, 0.1) is 0 Å². The molecule has 0 aliphatic carbocycles. The molecule has 0 aliphatic heterocycles. The molecule has 151 valence electrons. The Balaban J connectivity index is -0.000000538. The van der Waals surface area contributed by atoms with Crippen molar-refractivity contribution < 1.29 is 32.3 Å². The summed E-state index contributed by atoms with van der Waals surface area (Å²) in [5.41, 5.74) is 5.47. The number of aliphatic carboxylic acids is 1. The molecule has 0 bridgehead atoms. The number of nitrogens with two attached hydrogens (primary N) is 1. The molecule has 0 rings (SSSR count). The fourth-order valence-corrected chi connectivity index (χ4v) is 2.55. The molecule has 0 aromatic rings. The van der Waals surface area contributed by atoms with Crippen molar-refractivity contribution in [2.75, 3.05) is 6.54 Å². The van der Waals surface area contributed by atoms with E-state index in [0.717, 1.165) is 13.0 Å². The Bertz CT molecular complexity index is 212. The van der Waals surface area contributed by atoms with Gasteiger partial charge in [0.2, 0.25) is 0 Å². The Morgan fingerprint density at radius 3 is 1.21 bits per heavy atom. The fraction of sp³-hybridized carbons (Fsp3) is 0.950. The van der Waals surface area contributed by atoms with Crippen molar-refractivity contribution in [3.8, 4) is 0 Å². The van der Waals surface area contributed by atoms with Crippen molar-refractivity contribution in [3.05, 3.63) is 0 Å². The molecular weight excluding hydrogens is 394 g/mol. The van der Waals surface area contributed by atoms with Crippen molar-refractivity contribution in [2.45, 2.75) is 117 Å². The van der Waals surface area contributed by atoms with Gasteiger partial charge in [-0.3, -0.25) is 4.79 Å². The fourth-order valence-electron chi connectivity index (χ4n) is 2.55. The minimum atomic E-state index is -0.711. The topological polar surface area (TPSA) is 63.3 Å². The molecule has 0 heterocycles. The molecule has 0 spiro atoms. The smallest absolute Gasteiger partial charge is 0.303 e. The minimum Gasteiger partial charge on any atom is -0.481 e. The van der Waals surface area contributed by atoms with Gasteiger partial charge in [-0.1, -0.05) is 97.3 Å². The minimum absolute atomic E-state index is 0. The molecule has 0 atom stereocenters. The van der Waals surface area contributed by atoms with E-state index in [0.29, 0.717) is 6.42 Å². The summed E-state index contributed by atoms with van der Waals surface area (Å²) in [4.78, 5) is 9.60. The molecular formula is C20H43AgNO2. The molecule has 0 aliphatic rings. The van der Waals surface area contributed by atoms with Crippen LogP contribution in [0.3, 0.4) is 0 Å². The summed E-state index contributed by atoms with van der Waals surface area (Å²) in [5, 5.41) is 7.91. The molecule has 4 heteroatoms. The maximum atomic E-state index is 9.60. The summed E-state index contributed by atoms with van der Waals surface area (Å²) in [6.07, 6.45) is 20.9. The van der Waals surface area contributed by atoms with Gasteiger partial charge in [0.1, 0.15) is 0 Å². The van der Waals surface area contributed by atoms with Crippen LogP contribution in [0.5, 0.6) is 0 Å². The van der Waals surface area contributed by atoms with Gasteiger partial charge in [-0.2, -0.15) is 0 Å². The second-order valence-corrected chi connectivity index (χ2v) is 6.53. The first-order chi connectivity index (χ1) is 11.2. The van der Waals surface area contributed by atoms with Crippen LogP contribution in [0.4, 0.5) is 0 Å². The van der Waals surface area contributed by atoms with Gasteiger partial charge in [-0.05, 0) is 19.4 Å². The molecule has 0 unspecified atom stereocenters. The van der Waals surface area contributed by atoms with Crippen LogP contribution in [0.15, 0.2) is 0 Å². The third-order valence-corrected chi connectivity index (χ3v) is 4.02.